The molecule has 2 nitrogen and oxygen atoms in total. The van der Waals surface area contributed by atoms with Crippen LogP contribution in [0.3, 0.4) is 0 Å². The lowest BCUT2D eigenvalue weighted by Gasteiger charge is -2.33. The Morgan fingerprint density at radius 3 is 2.44 bits per heavy atom. The van der Waals surface area contributed by atoms with E-state index in [1.54, 1.807) is 0 Å². The summed E-state index contributed by atoms with van der Waals surface area (Å²) in [6.45, 7) is 10.7. The highest BCUT2D eigenvalue weighted by Crippen LogP contribution is 2.29. The highest BCUT2D eigenvalue weighted by atomic mass is 16.5. The molecule has 2 heteroatoms. The summed E-state index contributed by atoms with van der Waals surface area (Å²) in [5.74, 6) is 0. The summed E-state index contributed by atoms with van der Waals surface area (Å²) in [6, 6.07) is 4.52. The fourth-order valence-electron chi connectivity index (χ4n) is 3.07. The zero-order valence-electron chi connectivity index (χ0n) is 12.0. The van der Waals surface area contributed by atoms with Crippen molar-refractivity contribution in [1.29, 1.82) is 0 Å². The van der Waals surface area contributed by atoms with E-state index < -0.39 is 0 Å². The third kappa shape index (κ3) is 2.93. The monoisotopic (exact) mass is 247 g/mol. The van der Waals surface area contributed by atoms with Gasteiger partial charge in [-0.25, -0.2) is 0 Å². The molecule has 1 aliphatic heterocycles. The first kappa shape index (κ1) is 13.6. The minimum atomic E-state index is 0.218. The van der Waals surface area contributed by atoms with E-state index in [4.69, 9.17) is 4.74 Å². The molecule has 0 spiro atoms. The number of aryl methyl sites for hydroxylation is 3. The Balaban J connectivity index is 2.20. The first-order valence-corrected chi connectivity index (χ1v) is 7.05. The van der Waals surface area contributed by atoms with Gasteiger partial charge in [-0.05, 0) is 43.9 Å². The second-order valence-corrected chi connectivity index (χ2v) is 5.51. The molecule has 0 saturated carbocycles. The Morgan fingerprint density at radius 2 is 1.83 bits per heavy atom. The Hall–Kier alpha value is -0.860. The highest BCUT2D eigenvalue weighted by molar-refractivity contribution is 5.39. The van der Waals surface area contributed by atoms with Crippen molar-refractivity contribution in [2.75, 3.05) is 13.1 Å². The second-order valence-electron chi connectivity index (χ2n) is 5.51. The SMILES string of the molecule is CCCC1CNCC(c2c(C)cc(C)cc2C)O1. The molecule has 1 N–H and O–H groups in total. The molecular weight excluding hydrogens is 222 g/mol. The molecule has 2 atom stereocenters. The Labute approximate surface area is 111 Å². The van der Waals surface area contributed by atoms with Crippen molar-refractivity contribution in [1.82, 2.24) is 5.32 Å². The summed E-state index contributed by atoms with van der Waals surface area (Å²) in [7, 11) is 0. The fraction of sp³-hybridized carbons (Fsp3) is 0.625. The van der Waals surface area contributed by atoms with E-state index in [0.29, 0.717) is 6.10 Å². The maximum Gasteiger partial charge on any atom is 0.0958 e. The standard InChI is InChI=1S/C16H25NO/c1-5-6-14-9-17-10-15(18-14)16-12(3)7-11(2)8-13(16)4/h7-8,14-15,17H,5-6,9-10H2,1-4H3. The van der Waals surface area contributed by atoms with E-state index >= 15 is 0 Å². The topological polar surface area (TPSA) is 21.3 Å². The van der Waals surface area contributed by atoms with Crippen LogP contribution in [0.2, 0.25) is 0 Å². The van der Waals surface area contributed by atoms with Crippen LogP contribution in [0.5, 0.6) is 0 Å². The third-order valence-corrected chi connectivity index (χ3v) is 3.73. The summed E-state index contributed by atoms with van der Waals surface area (Å²) in [5.41, 5.74) is 5.43. The van der Waals surface area contributed by atoms with Crippen molar-refractivity contribution in [2.45, 2.75) is 52.7 Å². The van der Waals surface area contributed by atoms with E-state index in [-0.39, 0.29) is 6.10 Å². The summed E-state index contributed by atoms with van der Waals surface area (Å²) in [5, 5.41) is 3.51. The van der Waals surface area contributed by atoms with Gasteiger partial charge in [-0.15, -0.1) is 0 Å². The number of hydrogen-bond donors (Lipinski definition) is 1. The van der Waals surface area contributed by atoms with Crippen LogP contribution in [-0.4, -0.2) is 19.2 Å². The van der Waals surface area contributed by atoms with Crippen molar-refractivity contribution >= 4 is 0 Å². The van der Waals surface area contributed by atoms with Gasteiger partial charge in [-0.2, -0.15) is 0 Å². The van der Waals surface area contributed by atoms with E-state index in [0.717, 1.165) is 19.5 Å². The minimum absolute atomic E-state index is 0.218. The minimum Gasteiger partial charge on any atom is -0.368 e. The molecule has 1 saturated heterocycles. The van der Waals surface area contributed by atoms with Gasteiger partial charge in [0.15, 0.2) is 0 Å². The molecule has 1 fully saturated rings. The van der Waals surface area contributed by atoms with Crippen LogP contribution in [0, 0.1) is 20.8 Å². The van der Waals surface area contributed by atoms with Crippen LogP contribution in [0.15, 0.2) is 12.1 Å². The summed E-state index contributed by atoms with van der Waals surface area (Å²) >= 11 is 0. The molecule has 1 aliphatic rings. The lowest BCUT2D eigenvalue weighted by atomic mass is 9.94. The first-order chi connectivity index (χ1) is 8.61. The van der Waals surface area contributed by atoms with Crippen molar-refractivity contribution in [2.24, 2.45) is 0 Å². The van der Waals surface area contributed by atoms with Gasteiger partial charge in [-0.1, -0.05) is 31.0 Å². The van der Waals surface area contributed by atoms with Gasteiger partial charge in [-0.3, -0.25) is 0 Å². The number of hydrogen-bond acceptors (Lipinski definition) is 2. The average Bonchev–Trinajstić information content (AvgIpc) is 2.28. The zero-order valence-corrected chi connectivity index (χ0v) is 12.0. The second kappa shape index (κ2) is 5.85. The Bertz CT molecular complexity index is 389. The van der Waals surface area contributed by atoms with Crippen LogP contribution in [0.25, 0.3) is 0 Å². The molecule has 0 aliphatic carbocycles. The highest BCUT2D eigenvalue weighted by Gasteiger charge is 2.25. The maximum atomic E-state index is 6.25. The number of morpholine rings is 1. The number of rotatable bonds is 3. The number of ether oxygens (including phenoxy) is 1. The van der Waals surface area contributed by atoms with Crippen LogP contribution < -0.4 is 5.32 Å². The fourth-order valence-corrected chi connectivity index (χ4v) is 3.07. The molecule has 0 amide bonds. The summed E-state index contributed by atoms with van der Waals surface area (Å²) in [4.78, 5) is 0. The molecule has 2 unspecified atom stereocenters. The molecule has 2 rings (SSSR count). The van der Waals surface area contributed by atoms with E-state index in [1.165, 1.54) is 28.7 Å². The quantitative estimate of drug-likeness (QED) is 0.883. The zero-order chi connectivity index (χ0) is 13.1. The Morgan fingerprint density at radius 1 is 1.17 bits per heavy atom. The van der Waals surface area contributed by atoms with Crippen LogP contribution >= 0.6 is 0 Å². The summed E-state index contributed by atoms with van der Waals surface area (Å²) in [6.07, 6.45) is 2.92. The average molecular weight is 247 g/mol. The van der Waals surface area contributed by atoms with Crippen LogP contribution in [0.1, 0.15) is 48.1 Å². The molecule has 100 valence electrons. The van der Waals surface area contributed by atoms with Gasteiger partial charge in [0.1, 0.15) is 0 Å². The molecule has 1 aromatic rings. The lowest BCUT2D eigenvalue weighted by Crippen LogP contribution is -2.40. The van der Waals surface area contributed by atoms with Gasteiger partial charge < -0.3 is 10.1 Å². The number of nitrogens with one attached hydrogen (secondary N) is 1. The smallest absolute Gasteiger partial charge is 0.0958 e. The largest absolute Gasteiger partial charge is 0.368 e. The van der Waals surface area contributed by atoms with Crippen molar-refractivity contribution in [3.05, 3.63) is 34.4 Å². The molecule has 0 bridgehead atoms. The first-order valence-electron chi connectivity index (χ1n) is 7.05. The normalized spacial score (nSPS) is 24.2. The van der Waals surface area contributed by atoms with Gasteiger partial charge in [0.25, 0.3) is 0 Å². The van der Waals surface area contributed by atoms with E-state index in [9.17, 15) is 0 Å². The van der Waals surface area contributed by atoms with Crippen molar-refractivity contribution < 1.29 is 4.74 Å². The predicted octanol–water partition coefficient (Wildman–Crippen LogP) is 3.44. The summed E-state index contributed by atoms with van der Waals surface area (Å²) < 4.78 is 6.25. The van der Waals surface area contributed by atoms with Crippen molar-refractivity contribution in [3.63, 3.8) is 0 Å². The molecular formula is C16H25NO. The van der Waals surface area contributed by atoms with Crippen molar-refractivity contribution in [3.8, 4) is 0 Å². The maximum absolute atomic E-state index is 6.25. The van der Waals surface area contributed by atoms with Gasteiger partial charge in [0, 0.05) is 13.1 Å². The molecule has 1 aromatic carbocycles. The van der Waals surface area contributed by atoms with Gasteiger partial charge in [0.05, 0.1) is 12.2 Å². The van der Waals surface area contributed by atoms with E-state index in [1.807, 2.05) is 0 Å². The van der Waals surface area contributed by atoms with Crippen LogP contribution in [-0.2, 0) is 4.74 Å². The molecule has 0 radical (unpaired) electrons. The van der Waals surface area contributed by atoms with E-state index in [2.05, 4.69) is 45.1 Å². The molecule has 0 aromatic heterocycles. The lowest BCUT2D eigenvalue weighted by molar-refractivity contribution is -0.0430. The number of benzene rings is 1. The third-order valence-electron chi connectivity index (χ3n) is 3.73. The van der Waals surface area contributed by atoms with Gasteiger partial charge >= 0.3 is 0 Å². The Kier molecular flexibility index (Phi) is 4.41. The van der Waals surface area contributed by atoms with Gasteiger partial charge in [0.2, 0.25) is 0 Å². The molecule has 1 heterocycles. The predicted molar refractivity (Wildman–Crippen MR) is 76.0 cm³/mol. The van der Waals surface area contributed by atoms with Crippen LogP contribution in [0.4, 0.5) is 0 Å². The molecule has 18 heavy (non-hydrogen) atoms.